The third-order valence-corrected chi connectivity index (χ3v) is 6.21. The maximum atomic E-state index is 13.1. The summed E-state index contributed by atoms with van der Waals surface area (Å²) in [6.07, 6.45) is 1.72. The van der Waals surface area contributed by atoms with Crippen molar-refractivity contribution in [1.29, 1.82) is 5.26 Å². The molecular weight excluding hydrogens is 424 g/mol. The summed E-state index contributed by atoms with van der Waals surface area (Å²) in [6.45, 7) is 10.3. The fourth-order valence-electron chi connectivity index (χ4n) is 4.41. The second kappa shape index (κ2) is 10.8. The second-order valence-corrected chi connectivity index (χ2v) is 8.81. The molecule has 2 heterocycles. The van der Waals surface area contributed by atoms with E-state index in [0.717, 1.165) is 47.2 Å². The highest BCUT2D eigenvalue weighted by molar-refractivity contribution is 6.30. The van der Waals surface area contributed by atoms with Crippen molar-refractivity contribution in [3.63, 3.8) is 0 Å². The van der Waals surface area contributed by atoms with Crippen LogP contribution in [0.15, 0.2) is 35.9 Å². The Kier molecular flexibility index (Phi) is 8.14. The number of halogens is 1. The van der Waals surface area contributed by atoms with Crippen molar-refractivity contribution in [2.75, 3.05) is 39.9 Å². The van der Waals surface area contributed by atoms with E-state index in [1.165, 1.54) is 0 Å². The SMILES string of the molecule is COC[C@@H](C)n1c(C)cc(/C=C(\C#N)C(=O)N2CCN(Cc3cccc(Cl)c3)CC2)c1C. The zero-order chi connectivity index (χ0) is 23.3. The lowest BCUT2D eigenvalue weighted by molar-refractivity contribution is -0.128. The van der Waals surface area contributed by atoms with Gasteiger partial charge < -0.3 is 14.2 Å². The molecule has 7 heteroatoms. The first kappa shape index (κ1) is 24.1. The Morgan fingerprint density at radius 1 is 1.25 bits per heavy atom. The summed E-state index contributed by atoms with van der Waals surface area (Å²) in [7, 11) is 1.69. The van der Waals surface area contributed by atoms with Crippen LogP contribution in [-0.2, 0) is 16.1 Å². The van der Waals surface area contributed by atoms with E-state index in [4.69, 9.17) is 16.3 Å². The molecule has 1 atom stereocenters. The molecule has 0 N–H and O–H groups in total. The third kappa shape index (κ3) is 5.60. The lowest BCUT2D eigenvalue weighted by Gasteiger charge is -2.34. The van der Waals surface area contributed by atoms with Crippen LogP contribution in [0.1, 0.15) is 35.5 Å². The van der Waals surface area contributed by atoms with E-state index in [1.54, 1.807) is 18.1 Å². The molecule has 1 saturated heterocycles. The number of carbonyl (C=O) groups excluding carboxylic acids is 1. The van der Waals surface area contributed by atoms with E-state index in [1.807, 2.05) is 38.1 Å². The van der Waals surface area contributed by atoms with Crippen molar-refractivity contribution < 1.29 is 9.53 Å². The van der Waals surface area contributed by atoms with Crippen LogP contribution in [0.25, 0.3) is 6.08 Å². The summed E-state index contributed by atoms with van der Waals surface area (Å²) in [5.41, 5.74) is 4.34. The van der Waals surface area contributed by atoms with Crippen LogP contribution < -0.4 is 0 Å². The van der Waals surface area contributed by atoms with Gasteiger partial charge in [0.25, 0.3) is 5.91 Å². The van der Waals surface area contributed by atoms with Gasteiger partial charge in [0.15, 0.2) is 0 Å². The number of nitrogens with zero attached hydrogens (tertiary/aromatic N) is 4. The predicted octanol–water partition coefficient (Wildman–Crippen LogP) is 4.22. The number of amides is 1. The number of hydrogen-bond donors (Lipinski definition) is 0. The number of methoxy groups -OCH3 is 1. The Morgan fingerprint density at radius 2 is 1.97 bits per heavy atom. The molecule has 1 aromatic carbocycles. The van der Waals surface area contributed by atoms with Gasteiger partial charge in [0.1, 0.15) is 11.6 Å². The average molecular weight is 455 g/mol. The van der Waals surface area contributed by atoms with Crippen molar-refractivity contribution >= 4 is 23.6 Å². The molecule has 3 rings (SSSR count). The van der Waals surface area contributed by atoms with Gasteiger partial charge in [-0.25, -0.2) is 0 Å². The molecule has 170 valence electrons. The first-order valence-corrected chi connectivity index (χ1v) is 11.3. The van der Waals surface area contributed by atoms with Gasteiger partial charge in [0, 0.05) is 56.2 Å². The molecule has 2 aromatic rings. The van der Waals surface area contributed by atoms with Gasteiger partial charge in [-0.05, 0) is 56.2 Å². The van der Waals surface area contributed by atoms with Gasteiger partial charge in [-0.1, -0.05) is 23.7 Å². The van der Waals surface area contributed by atoms with Crippen molar-refractivity contribution in [2.45, 2.75) is 33.4 Å². The zero-order valence-electron chi connectivity index (χ0n) is 19.3. The first-order valence-electron chi connectivity index (χ1n) is 10.9. The summed E-state index contributed by atoms with van der Waals surface area (Å²) in [5, 5.41) is 10.4. The summed E-state index contributed by atoms with van der Waals surface area (Å²) in [6, 6.07) is 12.2. The average Bonchev–Trinajstić information content (AvgIpc) is 3.05. The Labute approximate surface area is 195 Å². The summed E-state index contributed by atoms with van der Waals surface area (Å²) < 4.78 is 7.47. The number of ether oxygens (including phenoxy) is 1. The minimum absolute atomic E-state index is 0.174. The topological polar surface area (TPSA) is 61.5 Å². The number of nitriles is 1. The lowest BCUT2D eigenvalue weighted by Crippen LogP contribution is -2.48. The van der Waals surface area contributed by atoms with Crippen LogP contribution >= 0.6 is 11.6 Å². The molecule has 0 spiro atoms. The molecule has 0 aliphatic carbocycles. The molecule has 1 fully saturated rings. The maximum absolute atomic E-state index is 13.1. The summed E-state index contributed by atoms with van der Waals surface area (Å²) in [4.78, 5) is 17.1. The van der Waals surface area contributed by atoms with E-state index in [0.29, 0.717) is 19.7 Å². The van der Waals surface area contributed by atoms with Crippen molar-refractivity contribution in [3.05, 3.63) is 63.4 Å². The standard InChI is InChI=1S/C25H31ClN4O2/c1-18-12-22(20(3)30(18)19(2)17-32-4)14-23(15-27)25(31)29-10-8-28(9-11-29)16-21-6-5-7-24(26)13-21/h5-7,12-14,19H,8-11,16-17H2,1-4H3/b23-14+/t19-/m1/s1. The van der Waals surface area contributed by atoms with Gasteiger partial charge in [-0.3, -0.25) is 9.69 Å². The van der Waals surface area contributed by atoms with Crippen LogP contribution in [-0.4, -0.2) is 60.2 Å². The fraction of sp³-hybridized carbons (Fsp3) is 0.440. The Bertz CT molecular complexity index is 1030. The Balaban J connectivity index is 1.67. The van der Waals surface area contributed by atoms with Gasteiger partial charge in [0.2, 0.25) is 0 Å². The lowest BCUT2D eigenvalue weighted by atomic mass is 10.1. The quantitative estimate of drug-likeness (QED) is 0.464. The minimum atomic E-state index is -0.204. The number of piperazine rings is 1. The van der Waals surface area contributed by atoms with Crippen LogP contribution in [0.3, 0.4) is 0 Å². The number of aryl methyl sites for hydroxylation is 1. The van der Waals surface area contributed by atoms with Gasteiger partial charge >= 0.3 is 0 Å². The van der Waals surface area contributed by atoms with E-state index in [2.05, 4.69) is 28.5 Å². The highest BCUT2D eigenvalue weighted by Crippen LogP contribution is 2.23. The molecule has 1 aliphatic rings. The largest absolute Gasteiger partial charge is 0.383 e. The molecular formula is C25H31ClN4O2. The molecule has 0 saturated carbocycles. The van der Waals surface area contributed by atoms with Crippen LogP contribution in [0.5, 0.6) is 0 Å². The highest BCUT2D eigenvalue weighted by atomic mass is 35.5. The third-order valence-electron chi connectivity index (χ3n) is 5.98. The number of hydrogen-bond acceptors (Lipinski definition) is 4. The molecule has 1 aliphatic heterocycles. The van der Waals surface area contributed by atoms with E-state index < -0.39 is 0 Å². The van der Waals surface area contributed by atoms with E-state index in [-0.39, 0.29) is 17.5 Å². The van der Waals surface area contributed by atoms with E-state index in [9.17, 15) is 10.1 Å². The fourth-order valence-corrected chi connectivity index (χ4v) is 4.63. The van der Waals surface area contributed by atoms with Gasteiger partial charge in [-0.2, -0.15) is 5.26 Å². The minimum Gasteiger partial charge on any atom is -0.383 e. The monoisotopic (exact) mass is 454 g/mol. The molecule has 6 nitrogen and oxygen atoms in total. The molecule has 0 unspecified atom stereocenters. The van der Waals surface area contributed by atoms with Gasteiger partial charge in [0.05, 0.1) is 12.6 Å². The van der Waals surface area contributed by atoms with Crippen LogP contribution in [0, 0.1) is 25.2 Å². The number of benzene rings is 1. The second-order valence-electron chi connectivity index (χ2n) is 8.37. The Morgan fingerprint density at radius 3 is 2.59 bits per heavy atom. The normalized spacial score (nSPS) is 16.1. The molecule has 32 heavy (non-hydrogen) atoms. The molecule has 0 radical (unpaired) electrons. The van der Waals surface area contributed by atoms with Gasteiger partial charge in [-0.15, -0.1) is 0 Å². The number of rotatable bonds is 7. The predicted molar refractivity (Wildman–Crippen MR) is 127 cm³/mol. The Hall–Kier alpha value is -2.59. The van der Waals surface area contributed by atoms with Crippen molar-refractivity contribution in [3.8, 4) is 6.07 Å². The first-order chi connectivity index (χ1) is 15.3. The number of aromatic nitrogens is 1. The van der Waals surface area contributed by atoms with Crippen molar-refractivity contribution in [1.82, 2.24) is 14.4 Å². The summed E-state index contributed by atoms with van der Waals surface area (Å²) >= 11 is 6.08. The summed E-state index contributed by atoms with van der Waals surface area (Å²) in [5.74, 6) is -0.204. The highest BCUT2D eigenvalue weighted by Gasteiger charge is 2.24. The van der Waals surface area contributed by atoms with Crippen LogP contribution in [0.2, 0.25) is 5.02 Å². The molecule has 0 bridgehead atoms. The maximum Gasteiger partial charge on any atom is 0.264 e. The van der Waals surface area contributed by atoms with Crippen molar-refractivity contribution in [2.24, 2.45) is 0 Å². The zero-order valence-corrected chi connectivity index (χ0v) is 20.0. The van der Waals surface area contributed by atoms with E-state index >= 15 is 0 Å². The smallest absolute Gasteiger partial charge is 0.264 e. The molecule has 1 aromatic heterocycles. The number of carbonyl (C=O) groups is 1. The van der Waals surface area contributed by atoms with Crippen LogP contribution in [0.4, 0.5) is 0 Å². The molecule has 1 amide bonds.